The van der Waals surface area contributed by atoms with Gasteiger partial charge in [-0.15, -0.1) is 0 Å². The summed E-state index contributed by atoms with van der Waals surface area (Å²) in [6.07, 6.45) is 7.19. The fourth-order valence-electron chi connectivity index (χ4n) is 4.56. The highest BCUT2D eigenvalue weighted by molar-refractivity contribution is 6.06. The van der Waals surface area contributed by atoms with Crippen LogP contribution >= 0.6 is 0 Å². The maximum absolute atomic E-state index is 13.7. The highest BCUT2D eigenvalue weighted by Crippen LogP contribution is 2.38. The van der Waals surface area contributed by atoms with Crippen molar-refractivity contribution in [2.75, 3.05) is 10.6 Å². The van der Waals surface area contributed by atoms with E-state index < -0.39 is 0 Å². The van der Waals surface area contributed by atoms with Gasteiger partial charge in [-0.05, 0) is 43.5 Å². The Labute approximate surface area is 202 Å². The van der Waals surface area contributed by atoms with Crippen molar-refractivity contribution in [3.63, 3.8) is 0 Å². The molecule has 1 aromatic carbocycles. The van der Waals surface area contributed by atoms with E-state index in [9.17, 15) is 4.79 Å². The number of amides is 1. The number of fused-ring (bicyclic) bond motifs is 3. The molecule has 4 aromatic rings. The van der Waals surface area contributed by atoms with E-state index >= 15 is 0 Å². The second-order valence-electron chi connectivity index (χ2n) is 9.02. The van der Waals surface area contributed by atoms with Crippen LogP contribution in [0, 0.1) is 6.92 Å². The van der Waals surface area contributed by atoms with Crippen LogP contribution in [0.15, 0.2) is 55.5 Å². The highest BCUT2D eigenvalue weighted by atomic mass is 16.5. The standard InChI is InChI=1S/C27H24N6O2/c1-15-23(4-3-9-29-15)33(27(34)19-11-30-26(31-12-19)18-6-7-18)13-17-5-8-20-21-14-35-16(2)24(21)25(28)32-22(20)10-17/h3-5,8-12,18H,2,6-7,13-14H2,1H3,(H2,28,32). The monoisotopic (exact) mass is 464 g/mol. The van der Waals surface area contributed by atoms with E-state index in [1.54, 1.807) is 23.5 Å². The van der Waals surface area contributed by atoms with Crippen molar-refractivity contribution in [2.45, 2.75) is 38.8 Å². The van der Waals surface area contributed by atoms with Crippen LogP contribution in [0.3, 0.4) is 0 Å². The number of aromatic nitrogens is 4. The lowest BCUT2D eigenvalue weighted by Gasteiger charge is -2.24. The molecule has 1 amide bonds. The Kier molecular flexibility index (Phi) is 4.95. The molecule has 4 heterocycles. The number of anilines is 2. The lowest BCUT2D eigenvalue weighted by Crippen LogP contribution is -2.31. The first kappa shape index (κ1) is 21.2. The van der Waals surface area contributed by atoms with Gasteiger partial charge in [0.2, 0.25) is 0 Å². The lowest BCUT2D eigenvalue weighted by molar-refractivity contribution is 0.0984. The van der Waals surface area contributed by atoms with Gasteiger partial charge in [-0.25, -0.2) is 15.0 Å². The van der Waals surface area contributed by atoms with E-state index in [1.165, 1.54) is 0 Å². The first-order valence-electron chi connectivity index (χ1n) is 11.6. The maximum Gasteiger partial charge on any atom is 0.261 e. The number of ether oxygens (including phenoxy) is 1. The molecule has 0 spiro atoms. The normalized spacial score (nSPS) is 14.6. The molecule has 1 fully saturated rings. The Morgan fingerprint density at radius 1 is 1.20 bits per heavy atom. The van der Waals surface area contributed by atoms with E-state index in [0.29, 0.717) is 36.2 Å². The van der Waals surface area contributed by atoms with Gasteiger partial charge in [0.1, 0.15) is 24.0 Å². The van der Waals surface area contributed by atoms with Crippen LogP contribution in [0.1, 0.15) is 57.3 Å². The van der Waals surface area contributed by atoms with Crippen LogP contribution in [0.5, 0.6) is 0 Å². The summed E-state index contributed by atoms with van der Waals surface area (Å²) in [5, 5.41) is 0.969. The summed E-state index contributed by atoms with van der Waals surface area (Å²) >= 11 is 0. The Morgan fingerprint density at radius 3 is 2.74 bits per heavy atom. The first-order valence-corrected chi connectivity index (χ1v) is 11.6. The number of hydrogen-bond acceptors (Lipinski definition) is 7. The molecule has 174 valence electrons. The third-order valence-electron chi connectivity index (χ3n) is 6.57. The molecule has 1 aliphatic heterocycles. The third-order valence-corrected chi connectivity index (χ3v) is 6.57. The number of hydrogen-bond donors (Lipinski definition) is 1. The molecule has 35 heavy (non-hydrogen) atoms. The van der Waals surface area contributed by atoms with Crippen molar-refractivity contribution in [3.05, 3.63) is 89.3 Å². The summed E-state index contributed by atoms with van der Waals surface area (Å²) in [7, 11) is 0. The predicted molar refractivity (Wildman–Crippen MR) is 133 cm³/mol. The second kappa shape index (κ2) is 8.16. The SMILES string of the molecule is C=C1OCc2c1c(N)nc1cc(CN(C(=O)c3cnc(C4CC4)nc3)c3cccnc3C)ccc21. The van der Waals surface area contributed by atoms with E-state index in [4.69, 9.17) is 10.5 Å². The predicted octanol–water partition coefficient (Wildman–Crippen LogP) is 4.54. The number of nitrogens with two attached hydrogens (primary N) is 1. The zero-order valence-corrected chi connectivity index (χ0v) is 19.4. The zero-order chi connectivity index (χ0) is 24.1. The number of nitrogen functional groups attached to an aromatic ring is 1. The summed E-state index contributed by atoms with van der Waals surface area (Å²) in [6, 6.07) is 9.69. The summed E-state index contributed by atoms with van der Waals surface area (Å²) in [4.78, 5) is 33.2. The molecule has 2 aliphatic rings. The van der Waals surface area contributed by atoms with Crippen molar-refractivity contribution in [1.29, 1.82) is 0 Å². The molecule has 0 saturated heterocycles. The van der Waals surface area contributed by atoms with Crippen LogP contribution in [-0.4, -0.2) is 25.8 Å². The molecule has 8 heteroatoms. The molecule has 6 rings (SSSR count). The molecule has 0 bridgehead atoms. The molecule has 1 aliphatic carbocycles. The molecular formula is C27H24N6O2. The number of rotatable bonds is 5. The zero-order valence-electron chi connectivity index (χ0n) is 19.4. The van der Waals surface area contributed by atoms with E-state index in [1.807, 2.05) is 37.3 Å². The molecule has 2 N–H and O–H groups in total. The van der Waals surface area contributed by atoms with Gasteiger partial charge in [0, 0.05) is 35.5 Å². The smallest absolute Gasteiger partial charge is 0.261 e. The fourth-order valence-corrected chi connectivity index (χ4v) is 4.56. The van der Waals surface area contributed by atoms with Gasteiger partial charge >= 0.3 is 0 Å². The second-order valence-corrected chi connectivity index (χ2v) is 9.02. The lowest BCUT2D eigenvalue weighted by atomic mass is 10.0. The van der Waals surface area contributed by atoms with Gasteiger partial charge in [0.25, 0.3) is 5.91 Å². The van der Waals surface area contributed by atoms with Crippen molar-refractivity contribution in [1.82, 2.24) is 19.9 Å². The summed E-state index contributed by atoms with van der Waals surface area (Å²) < 4.78 is 5.60. The maximum atomic E-state index is 13.7. The molecular weight excluding hydrogens is 440 g/mol. The van der Waals surface area contributed by atoms with Crippen molar-refractivity contribution in [2.24, 2.45) is 0 Å². The summed E-state index contributed by atoms with van der Waals surface area (Å²) in [5.74, 6) is 2.00. The summed E-state index contributed by atoms with van der Waals surface area (Å²) in [5.41, 5.74) is 11.6. The van der Waals surface area contributed by atoms with E-state index in [0.717, 1.165) is 57.6 Å². The van der Waals surface area contributed by atoms with Gasteiger partial charge in [0.15, 0.2) is 0 Å². The largest absolute Gasteiger partial charge is 0.489 e. The number of carbonyl (C=O) groups excluding carboxylic acids is 1. The average molecular weight is 465 g/mol. The molecule has 0 radical (unpaired) electrons. The Bertz CT molecular complexity index is 1490. The van der Waals surface area contributed by atoms with Gasteiger partial charge in [-0.2, -0.15) is 0 Å². The number of pyridine rings is 2. The highest BCUT2D eigenvalue weighted by Gasteiger charge is 2.28. The first-order chi connectivity index (χ1) is 17.0. The number of carbonyl (C=O) groups is 1. The third kappa shape index (κ3) is 3.77. The minimum absolute atomic E-state index is 0.185. The van der Waals surface area contributed by atoms with E-state index in [2.05, 4.69) is 26.5 Å². The number of aryl methyl sites for hydroxylation is 1. The van der Waals surface area contributed by atoms with Crippen LogP contribution in [-0.2, 0) is 17.9 Å². The minimum atomic E-state index is -0.185. The van der Waals surface area contributed by atoms with Crippen molar-refractivity contribution >= 4 is 34.1 Å². The van der Waals surface area contributed by atoms with Crippen molar-refractivity contribution in [3.8, 4) is 0 Å². The Balaban J connectivity index is 1.38. The minimum Gasteiger partial charge on any atom is -0.489 e. The number of nitrogens with zero attached hydrogens (tertiary/aromatic N) is 5. The van der Waals surface area contributed by atoms with Gasteiger partial charge in [0.05, 0.1) is 34.6 Å². The fraction of sp³-hybridized carbons (Fsp3) is 0.222. The topological polar surface area (TPSA) is 107 Å². The Morgan fingerprint density at radius 2 is 2.00 bits per heavy atom. The van der Waals surface area contributed by atoms with Gasteiger partial charge < -0.3 is 15.4 Å². The average Bonchev–Trinajstić information content (AvgIpc) is 3.64. The van der Waals surface area contributed by atoms with E-state index in [-0.39, 0.29) is 5.91 Å². The van der Waals surface area contributed by atoms with Gasteiger partial charge in [-0.1, -0.05) is 18.7 Å². The van der Waals surface area contributed by atoms with Crippen LogP contribution in [0.4, 0.5) is 11.5 Å². The molecule has 3 aromatic heterocycles. The van der Waals surface area contributed by atoms with Crippen LogP contribution in [0.25, 0.3) is 16.7 Å². The quantitative estimate of drug-likeness (QED) is 0.462. The van der Waals surface area contributed by atoms with Gasteiger partial charge in [-0.3, -0.25) is 9.78 Å². The number of benzene rings is 1. The Hall–Kier alpha value is -4.33. The molecule has 0 atom stereocenters. The molecule has 8 nitrogen and oxygen atoms in total. The molecule has 1 saturated carbocycles. The van der Waals surface area contributed by atoms with Crippen LogP contribution < -0.4 is 10.6 Å². The molecule has 0 unspecified atom stereocenters. The van der Waals surface area contributed by atoms with Crippen LogP contribution in [0.2, 0.25) is 0 Å². The van der Waals surface area contributed by atoms with Crippen molar-refractivity contribution < 1.29 is 9.53 Å². The summed E-state index contributed by atoms with van der Waals surface area (Å²) in [6.45, 7) is 6.57.